The van der Waals surface area contributed by atoms with Gasteiger partial charge < -0.3 is 14.3 Å². The van der Waals surface area contributed by atoms with E-state index in [0.717, 1.165) is 11.3 Å². The molecule has 0 bridgehead atoms. The molecule has 5 nitrogen and oxygen atoms in total. The zero-order chi connectivity index (χ0) is 13.8. The van der Waals surface area contributed by atoms with E-state index in [4.69, 9.17) is 20.5 Å². The Morgan fingerprint density at radius 3 is 2.90 bits per heavy atom. The van der Waals surface area contributed by atoms with Crippen molar-refractivity contribution >= 4 is 11.6 Å². The molecular weight excluding hydrogens is 278 g/mol. The van der Waals surface area contributed by atoms with E-state index >= 15 is 0 Å². The lowest BCUT2D eigenvalue weighted by Crippen LogP contribution is -2.12. The van der Waals surface area contributed by atoms with Gasteiger partial charge in [0.15, 0.2) is 0 Å². The van der Waals surface area contributed by atoms with Gasteiger partial charge in [-0.15, -0.1) is 0 Å². The smallest absolute Gasteiger partial charge is 0.240 e. The van der Waals surface area contributed by atoms with Gasteiger partial charge in [-0.25, -0.2) is 0 Å². The summed E-state index contributed by atoms with van der Waals surface area (Å²) in [5.41, 5.74) is 0.832. The molecular formula is C14H12ClN3O2. The van der Waals surface area contributed by atoms with Crippen molar-refractivity contribution in [2.75, 3.05) is 0 Å². The lowest BCUT2D eigenvalue weighted by Gasteiger charge is -1.97. The zero-order valence-corrected chi connectivity index (χ0v) is 11.3. The lowest BCUT2D eigenvalue weighted by molar-refractivity contribution is 0.363. The largest absolute Gasteiger partial charge is 0.468 e. The molecule has 0 fully saturated rings. The molecule has 0 aliphatic rings. The summed E-state index contributed by atoms with van der Waals surface area (Å²) in [5, 5.41) is 7.74. The fourth-order valence-electron chi connectivity index (χ4n) is 1.78. The Hall–Kier alpha value is -2.11. The normalized spacial score (nSPS) is 10.8. The van der Waals surface area contributed by atoms with Crippen LogP contribution in [0.2, 0.25) is 5.02 Å². The van der Waals surface area contributed by atoms with Gasteiger partial charge in [0.05, 0.1) is 19.4 Å². The van der Waals surface area contributed by atoms with Crippen LogP contribution in [0.15, 0.2) is 51.6 Å². The standard InChI is InChI=1S/C14H12ClN3O2/c15-11-4-1-3-10(7-11)14-17-13(20-18-14)9-16-8-12-5-2-6-19-12/h1-7,16H,8-9H2. The molecule has 0 saturated carbocycles. The number of halogens is 1. The monoisotopic (exact) mass is 289 g/mol. The van der Waals surface area contributed by atoms with Crippen LogP contribution in [0.5, 0.6) is 0 Å². The molecule has 6 heteroatoms. The Bertz CT molecular complexity index is 679. The average Bonchev–Trinajstić information content (AvgIpc) is 3.10. The molecule has 0 radical (unpaired) electrons. The Balaban J connectivity index is 1.62. The predicted octanol–water partition coefficient (Wildman–Crippen LogP) is 3.27. The third kappa shape index (κ3) is 3.07. The van der Waals surface area contributed by atoms with Crippen molar-refractivity contribution in [3.05, 3.63) is 59.3 Å². The third-order valence-electron chi connectivity index (χ3n) is 2.71. The SMILES string of the molecule is Clc1cccc(-c2noc(CNCc3ccco3)n2)c1. The predicted molar refractivity (Wildman–Crippen MR) is 74.0 cm³/mol. The molecule has 1 N–H and O–H groups in total. The molecule has 0 aliphatic carbocycles. The van der Waals surface area contributed by atoms with Gasteiger partial charge >= 0.3 is 0 Å². The van der Waals surface area contributed by atoms with Crippen molar-refractivity contribution in [1.29, 1.82) is 0 Å². The lowest BCUT2D eigenvalue weighted by atomic mass is 10.2. The van der Waals surface area contributed by atoms with Crippen LogP contribution in [0.25, 0.3) is 11.4 Å². The number of rotatable bonds is 5. The van der Waals surface area contributed by atoms with Crippen LogP contribution in [0, 0.1) is 0 Å². The summed E-state index contributed by atoms with van der Waals surface area (Å²) in [4.78, 5) is 4.31. The highest BCUT2D eigenvalue weighted by Crippen LogP contribution is 2.19. The first kappa shape index (κ1) is 12.9. The maximum absolute atomic E-state index is 5.93. The maximum Gasteiger partial charge on any atom is 0.240 e. The fraction of sp³-hybridized carbons (Fsp3) is 0.143. The van der Waals surface area contributed by atoms with Crippen molar-refractivity contribution in [2.24, 2.45) is 0 Å². The van der Waals surface area contributed by atoms with E-state index in [1.165, 1.54) is 0 Å². The van der Waals surface area contributed by atoms with Crippen LogP contribution in [-0.4, -0.2) is 10.1 Å². The number of nitrogens with one attached hydrogen (secondary N) is 1. The number of furan rings is 1. The first-order valence-corrected chi connectivity index (χ1v) is 6.51. The molecule has 0 atom stereocenters. The van der Waals surface area contributed by atoms with Crippen LogP contribution >= 0.6 is 11.6 Å². The molecule has 102 valence electrons. The van der Waals surface area contributed by atoms with Crippen LogP contribution in [0.4, 0.5) is 0 Å². The summed E-state index contributed by atoms with van der Waals surface area (Å²) in [6.07, 6.45) is 1.64. The summed E-state index contributed by atoms with van der Waals surface area (Å²) in [7, 11) is 0. The quantitative estimate of drug-likeness (QED) is 0.781. The summed E-state index contributed by atoms with van der Waals surface area (Å²) >= 11 is 5.93. The minimum absolute atomic E-state index is 0.480. The summed E-state index contributed by atoms with van der Waals surface area (Å²) in [6.45, 7) is 1.09. The molecule has 1 aromatic carbocycles. The minimum atomic E-state index is 0.480. The Kier molecular flexibility index (Phi) is 3.80. The summed E-state index contributed by atoms with van der Waals surface area (Å²) in [6, 6.07) is 11.1. The molecule has 3 aromatic rings. The van der Waals surface area contributed by atoms with Gasteiger partial charge in [-0.05, 0) is 24.3 Å². The van der Waals surface area contributed by atoms with Crippen LogP contribution < -0.4 is 5.32 Å². The van der Waals surface area contributed by atoms with E-state index in [2.05, 4.69) is 15.5 Å². The van der Waals surface area contributed by atoms with Gasteiger partial charge in [-0.1, -0.05) is 28.9 Å². The number of hydrogen-bond donors (Lipinski definition) is 1. The molecule has 0 aliphatic heterocycles. The molecule has 2 heterocycles. The highest BCUT2D eigenvalue weighted by molar-refractivity contribution is 6.30. The third-order valence-corrected chi connectivity index (χ3v) is 2.94. The van der Waals surface area contributed by atoms with Gasteiger partial charge in [0.2, 0.25) is 11.7 Å². The summed E-state index contributed by atoms with van der Waals surface area (Å²) < 4.78 is 10.4. The number of hydrogen-bond acceptors (Lipinski definition) is 5. The molecule has 0 amide bonds. The fourth-order valence-corrected chi connectivity index (χ4v) is 1.97. The molecule has 0 spiro atoms. The van der Waals surface area contributed by atoms with E-state index in [0.29, 0.717) is 29.8 Å². The topological polar surface area (TPSA) is 64.1 Å². The van der Waals surface area contributed by atoms with Crippen molar-refractivity contribution in [3.63, 3.8) is 0 Å². The van der Waals surface area contributed by atoms with Crippen LogP contribution in [0.1, 0.15) is 11.7 Å². The maximum atomic E-state index is 5.93. The van der Waals surface area contributed by atoms with E-state index in [1.54, 1.807) is 18.4 Å². The highest BCUT2D eigenvalue weighted by atomic mass is 35.5. The first-order chi connectivity index (χ1) is 9.81. The van der Waals surface area contributed by atoms with E-state index in [1.807, 2.05) is 24.3 Å². The molecule has 0 saturated heterocycles. The van der Waals surface area contributed by atoms with Crippen molar-refractivity contribution in [2.45, 2.75) is 13.1 Å². The van der Waals surface area contributed by atoms with E-state index in [-0.39, 0.29) is 0 Å². The van der Waals surface area contributed by atoms with E-state index in [9.17, 15) is 0 Å². The van der Waals surface area contributed by atoms with Gasteiger partial charge in [0.25, 0.3) is 0 Å². The van der Waals surface area contributed by atoms with Gasteiger partial charge in [-0.3, -0.25) is 0 Å². The molecule has 3 rings (SSSR count). The highest BCUT2D eigenvalue weighted by Gasteiger charge is 2.08. The van der Waals surface area contributed by atoms with Crippen LogP contribution in [-0.2, 0) is 13.1 Å². The second-order valence-electron chi connectivity index (χ2n) is 4.20. The Labute approximate surface area is 120 Å². The number of nitrogens with zero attached hydrogens (tertiary/aromatic N) is 2. The van der Waals surface area contributed by atoms with Gasteiger partial charge in [-0.2, -0.15) is 4.98 Å². The zero-order valence-electron chi connectivity index (χ0n) is 10.5. The summed E-state index contributed by atoms with van der Waals surface area (Å²) in [5.74, 6) is 1.91. The molecule has 2 aromatic heterocycles. The number of aromatic nitrogens is 2. The second kappa shape index (κ2) is 5.90. The van der Waals surface area contributed by atoms with Crippen molar-refractivity contribution < 1.29 is 8.94 Å². The number of benzene rings is 1. The molecule has 0 unspecified atom stereocenters. The Morgan fingerprint density at radius 1 is 1.15 bits per heavy atom. The van der Waals surface area contributed by atoms with Crippen LogP contribution in [0.3, 0.4) is 0 Å². The molecule has 20 heavy (non-hydrogen) atoms. The minimum Gasteiger partial charge on any atom is -0.468 e. The Morgan fingerprint density at radius 2 is 2.10 bits per heavy atom. The van der Waals surface area contributed by atoms with Crippen molar-refractivity contribution in [1.82, 2.24) is 15.5 Å². The first-order valence-electron chi connectivity index (χ1n) is 6.13. The second-order valence-corrected chi connectivity index (χ2v) is 4.64. The van der Waals surface area contributed by atoms with Gasteiger partial charge in [0.1, 0.15) is 5.76 Å². The van der Waals surface area contributed by atoms with E-state index < -0.39 is 0 Å². The van der Waals surface area contributed by atoms with Crippen molar-refractivity contribution in [3.8, 4) is 11.4 Å². The van der Waals surface area contributed by atoms with Gasteiger partial charge in [0, 0.05) is 10.6 Å². The average molecular weight is 290 g/mol.